The van der Waals surface area contributed by atoms with Gasteiger partial charge in [0.05, 0.1) is 12.7 Å². The van der Waals surface area contributed by atoms with Gasteiger partial charge in [-0.15, -0.1) is 0 Å². The Morgan fingerprint density at radius 1 is 1.00 bits per heavy atom. The zero-order valence-electron chi connectivity index (χ0n) is 17.9. The quantitative estimate of drug-likeness (QED) is 0.572. The van der Waals surface area contributed by atoms with Gasteiger partial charge in [0.25, 0.3) is 5.91 Å². The van der Waals surface area contributed by atoms with Crippen LogP contribution in [0, 0.1) is 0 Å². The smallest absolute Gasteiger partial charge is 0.252 e. The molecule has 0 aliphatic carbocycles. The molecule has 2 heterocycles. The molecule has 0 bridgehead atoms. The Balaban J connectivity index is 1.62. The van der Waals surface area contributed by atoms with E-state index in [0.717, 1.165) is 5.56 Å². The van der Waals surface area contributed by atoms with Crippen LogP contribution in [0.5, 0.6) is 17.2 Å². The monoisotopic (exact) mass is 446 g/mol. The molecule has 33 heavy (non-hydrogen) atoms. The maximum atomic E-state index is 12.7. The number of nitrogens with two attached hydrogens (primary N) is 2. The summed E-state index contributed by atoms with van der Waals surface area (Å²) in [5.74, 6) is 0.0795. The van der Waals surface area contributed by atoms with Crippen LogP contribution in [0.2, 0.25) is 0 Å². The minimum Gasteiger partial charge on any atom is -0.493 e. The van der Waals surface area contributed by atoms with Gasteiger partial charge in [0, 0.05) is 30.6 Å². The van der Waals surface area contributed by atoms with Crippen LogP contribution in [0.15, 0.2) is 60.8 Å². The fourth-order valence-electron chi connectivity index (χ4n) is 3.78. The van der Waals surface area contributed by atoms with Crippen LogP contribution in [-0.4, -0.2) is 36.4 Å². The second-order valence-corrected chi connectivity index (χ2v) is 7.55. The van der Waals surface area contributed by atoms with Gasteiger partial charge in [0.15, 0.2) is 11.5 Å². The van der Waals surface area contributed by atoms with Crippen molar-refractivity contribution >= 4 is 23.5 Å². The Bertz CT molecular complexity index is 1240. The highest BCUT2D eigenvalue weighted by Crippen LogP contribution is 2.38. The lowest BCUT2D eigenvalue weighted by atomic mass is 9.98. The van der Waals surface area contributed by atoms with Crippen LogP contribution < -0.4 is 25.8 Å². The largest absolute Gasteiger partial charge is 0.493 e. The third-order valence-electron chi connectivity index (χ3n) is 5.46. The Morgan fingerprint density at radius 3 is 2.52 bits per heavy atom. The first kappa shape index (κ1) is 21.8. The fraction of sp³-hybridized carbons (Fsp3) is 0.167. The molecule has 3 aromatic rings. The number of nitrogens with zero attached hydrogens (tertiary/aromatic N) is 2. The van der Waals surface area contributed by atoms with Gasteiger partial charge >= 0.3 is 0 Å². The second-order valence-electron chi connectivity index (χ2n) is 7.55. The van der Waals surface area contributed by atoms with E-state index < -0.39 is 11.8 Å². The molecule has 0 radical (unpaired) electrons. The van der Waals surface area contributed by atoms with Gasteiger partial charge in [-0.2, -0.15) is 0 Å². The third-order valence-corrected chi connectivity index (χ3v) is 5.46. The molecule has 1 aliphatic rings. The first-order chi connectivity index (χ1) is 15.9. The third kappa shape index (κ3) is 4.47. The Morgan fingerprint density at radius 2 is 1.79 bits per heavy atom. The summed E-state index contributed by atoms with van der Waals surface area (Å²) in [5.41, 5.74) is 12.2. The highest BCUT2D eigenvalue weighted by atomic mass is 16.5. The number of amides is 3. The Labute approximate surface area is 189 Å². The van der Waals surface area contributed by atoms with Crippen LogP contribution in [0.25, 0.3) is 0 Å². The molecule has 1 saturated heterocycles. The molecule has 3 amide bonds. The zero-order valence-corrected chi connectivity index (χ0v) is 17.9. The Hall–Kier alpha value is -4.40. The number of para-hydroxylation sites is 1. The molecule has 0 unspecified atom stereocenters. The summed E-state index contributed by atoms with van der Waals surface area (Å²) < 4.78 is 11.4. The van der Waals surface area contributed by atoms with Crippen LogP contribution in [0.4, 0.5) is 5.82 Å². The van der Waals surface area contributed by atoms with Gasteiger partial charge in [-0.25, -0.2) is 4.98 Å². The van der Waals surface area contributed by atoms with Crippen molar-refractivity contribution in [1.29, 1.82) is 0 Å². The second kappa shape index (κ2) is 8.99. The number of methoxy groups -OCH3 is 1. The van der Waals surface area contributed by atoms with Crippen LogP contribution >= 0.6 is 0 Å². The van der Waals surface area contributed by atoms with Crippen molar-refractivity contribution < 1.29 is 23.9 Å². The standard InChI is InChI=1S/C24H22N4O5/c1-32-19-7-6-14(10-20(19)33-18-5-3-2-4-17(18)24(26)31)16-12-22(29)28(13-16)21-11-15(23(25)30)8-9-27-21/h2-11,16H,12-13H2,1H3,(H2,25,30)(H2,26,31)/t16-/m0/s1. The highest BCUT2D eigenvalue weighted by molar-refractivity contribution is 5.98. The number of anilines is 1. The molecule has 168 valence electrons. The average Bonchev–Trinajstić information content (AvgIpc) is 3.21. The number of benzene rings is 2. The zero-order chi connectivity index (χ0) is 23.5. The predicted molar refractivity (Wildman–Crippen MR) is 120 cm³/mol. The van der Waals surface area contributed by atoms with E-state index in [-0.39, 0.29) is 29.4 Å². The number of aromatic nitrogens is 1. The van der Waals surface area contributed by atoms with Crippen molar-refractivity contribution in [3.8, 4) is 17.2 Å². The molecule has 9 heteroatoms. The maximum Gasteiger partial charge on any atom is 0.252 e. The van der Waals surface area contributed by atoms with Gasteiger partial charge < -0.3 is 20.9 Å². The molecule has 0 saturated carbocycles. The predicted octanol–water partition coefficient (Wildman–Crippen LogP) is 2.60. The summed E-state index contributed by atoms with van der Waals surface area (Å²) in [4.78, 5) is 41.7. The molecule has 1 fully saturated rings. The van der Waals surface area contributed by atoms with Gasteiger partial charge in [0.2, 0.25) is 11.8 Å². The van der Waals surface area contributed by atoms with Gasteiger partial charge in [-0.1, -0.05) is 18.2 Å². The lowest BCUT2D eigenvalue weighted by Crippen LogP contribution is -2.26. The van der Waals surface area contributed by atoms with Crippen LogP contribution in [0.3, 0.4) is 0 Å². The minimum atomic E-state index is -0.608. The summed E-state index contributed by atoms with van der Waals surface area (Å²) in [6.45, 7) is 0.373. The van der Waals surface area contributed by atoms with E-state index in [2.05, 4.69) is 4.98 Å². The molecule has 0 spiro atoms. The fourth-order valence-corrected chi connectivity index (χ4v) is 3.78. The summed E-state index contributed by atoms with van der Waals surface area (Å²) in [6.07, 6.45) is 1.71. The van der Waals surface area contributed by atoms with Crippen molar-refractivity contribution in [2.45, 2.75) is 12.3 Å². The Kier molecular flexibility index (Phi) is 5.95. The van der Waals surface area contributed by atoms with E-state index in [1.54, 1.807) is 36.4 Å². The van der Waals surface area contributed by atoms with E-state index in [9.17, 15) is 14.4 Å². The number of pyridine rings is 1. The topological polar surface area (TPSA) is 138 Å². The molecular weight excluding hydrogens is 424 g/mol. The van der Waals surface area contributed by atoms with E-state index in [4.69, 9.17) is 20.9 Å². The van der Waals surface area contributed by atoms with Crippen LogP contribution in [-0.2, 0) is 4.79 Å². The van der Waals surface area contributed by atoms with E-state index in [1.165, 1.54) is 30.3 Å². The van der Waals surface area contributed by atoms with Gasteiger partial charge in [-0.3, -0.25) is 19.3 Å². The molecule has 4 rings (SSSR count). The van der Waals surface area contributed by atoms with Gasteiger partial charge in [-0.05, 0) is 42.0 Å². The molecule has 1 aliphatic heterocycles. The number of hydrogen-bond donors (Lipinski definition) is 2. The summed E-state index contributed by atoms with van der Waals surface area (Å²) in [5, 5.41) is 0. The minimum absolute atomic E-state index is 0.119. The van der Waals surface area contributed by atoms with E-state index >= 15 is 0 Å². The molecule has 4 N–H and O–H groups in total. The number of carbonyl (C=O) groups is 3. The summed E-state index contributed by atoms with van der Waals surface area (Å²) in [7, 11) is 1.51. The maximum absolute atomic E-state index is 12.7. The number of primary amides is 2. The number of carbonyl (C=O) groups excluding carboxylic acids is 3. The van der Waals surface area contributed by atoms with Crippen LogP contribution in [0.1, 0.15) is 38.6 Å². The summed E-state index contributed by atoms with van der Waals surface area (Å²) in [6, 6.07) is 15.0. The summed E-state index contributed by atoms with van der Waals surface area (Å²) >= 11 is 0. The lowest BCUT2D eigenvalue weighted by Gasteiger charge is -2.18. The lowest BCUT2D eigenvalue weighted by molar-refractivity contribution is -0.117. The van der Waals surface area contributed by atoms with Crippen molar-refractivity contribution in [2.24, 2.45) is 11.5 Å². The molecule has 1 aromatic heterocycles. The first-order valence-electron chi connectivity index (χ1n) is 10.2. The number of hydrogen-bond acceptors (Lipinski definition) is 6. The average molecular weight is 446 g/mol. The first-order valence-corrected chi connectivity index (χ1v) is 10.2. The highest BCUT2D eigenvalue weighted by Gasteiger charge is 2.33. The van der Waals surface area contributed by atoms with E-state index in [1.807, 2.05) is 6.07 Å². The normalized spacial score (nSPS) is 15.4. The number of rotatable bonds is 7. The van der Waals surface area contributed by atoms with E-state index in [0.29, 0.717) is 29.6 Å². The van der Waals surface area contributed by atoms with Crippen molar-refractivity contribution in [1.82, 2.24) is 4.98 Å². The van der Waals surface area contributed by atoms with Crippen molar-refractivity contribution in [3.63, 3.8) is 0 Å². The SMILES string of the molecule is COc1ccc([C@H]2CC(=O)N(c3cc(C(N)=O)ccn3)C2)cc1Oc1ccccc1C(N)=O. The molecule has 9 nitrogen and oxygen atoms in total. The van der Waals surface area contributed by atoms with Gasteiger partial charge in [0.1, 0.15) is 11.6 Å². The molecule has 2 aromatic carbocycles. The number of ether oxygens (including phenoxy) is 2. The molecule has 1 atom stereocenters. The van der Waals surface area contributed by atoms with Crippen molar-refractivity contribution in [3.05, 3.63) is 77.5 Å². The van der Waals surface area contributed by atoms with Crippen molar-refractivity contribution in [2.75, 3.05) is 18.6 Å². The molecular formula is C24H22N4O5.